The molecule has 1 heterocycles. The second-order valence-electron chi connectivity index (χ2n) is 1.90. The number of hydrogen-bond donors (Lipinski definition) is 0. The van der Waals surface area contributed by atoms with E-state index >= 15 is 0 Å². The number of halogens is 1. The van der Waals surface area contributed by atoms with Gasteiger partial charge in [0.2, 0.25) is 0 Å². The van der Waals surface area contributed by atoms with E-state index in [0.29, 0.717) is 4.83 Å². The van der Waals surface area contributed by atoms with Gasteiger partial charge >= 0.3 is 0 Å². The molecule has 0 fully saturated rings. The zero-order chi connectivity index (χ0) is 6.85. The fraction of sp³-hybridized carbons (Fsp3) is 0.600. The van der Waals surface area contributed by atoms with Crippen LogP contribution >= 0.6 is 15.9 Å². The van der Waals surface area contributed by atoms with Crippen LogP contribution in [0.2, 0.25) is 0 Å². The standard InChI is InChI=1S/C5H8BrN3/c1-4(6)5-3-7-8-9(5)2/h3-4H,1-2H3/t4-/m0/s1. The summed E-state index contributed by atoms with van der Waals surface area (Å²) in [6.07, 6.45) is 1.75. The lowest BCUT2D eigenvalue weighted by molar-refractivity contribution is 0.681. The Morgan fingerprint density at radius 2 is 2.44 bits per heavy atom. The maximum Gasteiger partial charge on any atom is 0.0736 e. The predicted octanol–water partition coefficient (Wildman–Crippen LogP) is 1.27. The largest absolute Gasteiger partial charge is 0.251 e. The minimum Gasteiger partial charge on any atom is -0.251 e. The van der Waals surface area contributed by atoms with E-state index < -0.39 is 0 Å². The third kappa shape index (κ3) is 1.30. The minimum atomic E-state index is 0.331. The van der Waals surface area contributed by atoms with Gasteiger partial charge in [-0.1, -0.05) is 21.1 Å². The first kappa shape index (κ1) is 6.74. The lowest BCUT2D eigenvalue weighted by atomic mass is 10.4. The molecule has 0 aromatic carbocycles. The number of nitrogens with zero attached hydrogens (tertiary/aromatic N) is 3. The highest BCUT2D eigenvalue weighted by atomic mass is 79.9. The lowest BCUT2D eigenvalue weighted by Crippen LogP contribution is -1.97. The molecule has 0 aliphatic rings. The summed E-state index contributed by atoms with van der Waals surface area (Å²) in [6, 6.07) is 0. The van der Waals surface area contributed by atoms with Gasteiger partial charge in [0.05, 0.1) is 16.7 Å². The van der Waals surface area contributed by atoms with Gasteiger partial charge in [-0.25, -0.2) is 0 Å². The van der Waals surface area contributed by atoms with Gasteiger partial charge in [0.1, 0.15) is 0 Å². The van der Waals surface area contributed by atoms with Crippen LogP contribution in [0.4, 0.5) is 0 Å². The number of alkyl halides is 1. The highest BCUT2D eigenvalue weighted by molar-refractivity contribution is 9.09. The summed E-state index contributed by atoms with van der Waals surface area (Å²) in [5, 5.41) is 7.50. The van der Waals surface area contributed by atoms with Gasteiger partial charge < -0.3 is 0 Å². The van der Waals surface area contributed by atoms with Crippen molar-refractivity contribution in [2.45, 2.75) is 11.8 Å². The third-order valence-corrected chi connectivity index (χ3v) is 1.63. The first-order chi connectivity index (χ1) is 4.22. The second-order valence-corrected chi connectivity index (χ2v) is 3.27. The molecule has 0 amide bonds. The Morgan fingerprint density at radius 1 is 1.78 bits per heavy atom. The Hall–Kier alpha value is -0.380. The fourth-order valence-corrected chi connectivity index (χ4v) is 1.07. The van der Waals surface area contributed by atoms with E-state index in [2.05, 4.69) is 26.2 Å². The molecule has 3 nitrogen and oxygen atoms in total. The van der Waals surface area contributed by atoms with Crippen LogP contribution in [0.3, 0.4) is 0 Å². The zero-order valence-corrected chi connectivity index (χ0v) is 6.96. The van der Waals surface area contributed by atoms with Crippen LogP contribution in [0.1, 0.15) is 17.4 Å². The van der Waals surface area contributed by atoms with E-state index in [1.807, 2.05) is 14.0 Å². The molecular weight excluding hydrogens is 182 g/mol. The van der Waals surface area contributed by atoms with Crippen molar-refractivity contribution in [3.05, 3.63) is 11.9 Å². The average molecular weight is 190 g/mol. The highest BCUT2D eigenvalue weighted by Gasteiger charge is 2.04. The van der Waals surface area contributed by atoms with Gasteiger partial charge in [-0.3, -0.25) is 4.68 Å². The summed E-state index contributed by atoms with van der Waals surface area (Å²) in [5.74, 6) is 0. The molecule has 0 aliphatic heterocycles. The predicted molar refractivity (Wildman–Crippen MR) is 38.3 cm³/mol. The molecule has 1 aromatic rings. The van der Waals surface area contributed by atoms with Crippen molar-refractivity contribution >= 4 is 15.9 Å². The highest BCUT2D eigenvalue weighted by Crippen LogP contribution is 2.18. The Balaban J connectivity index is 2.94. The molecule has 0 aliphatic carbocycles. The number of hydrogen-bond acceptors (Lipinski definition) is 2. The van der Waals surface area contributed by atoms with Crippen molar-refractivity contribution in [3.8, 4) is 0 Å². The molecule has 0 bridgehead atoms. The van der Waals surface area contributed by atoms with E-state index in [9.17, 15) is 0 Å². The van der Waals surface area contributed by atoms with Crippen molar-refractivity contribution in [1.29, 1.82) is 0 Å². The Morgan fingerprint density at radius 3 is 2.67 bits per heavy atom. The minimum absolute atomic E-state index is 0.331. The molecule has 9 heavy (non-hydrogen) atoms. The molecule has 0 saturated heterocycles. The third-order valence-electron chi connectivity index (χ3n) is 1.16. The smallest absolute Gasteiger partial charge is 0.0736 e. The summed E-state index contributed by atoms with van der Waals surface area (Å²) in [6.45, 7) is 2.04. The molecule has 1 rings (SSSR count). The quantitative estimate of drug-likeness (QED) is 0.624. The second kappa shape index (κ2) is 2.47. The van der Waals surface area contributed by atoms with Crippen molar-refractivity contribution < 1.29 is 0 Å². The summed E-state index contributed by atoms with van der Waals surface area (Å²) in [7, 11) is 1.88. The topological polar surface area (TPSA) is 30.7 Å². The van der Waals surface area contributed by atoms with Crippen LogP contribution in [-0.2, 0) is 7.05 Å². The maximum absolute atomic E-state index is 3.77. The van der Waals surface area contributed by atoms with Gasteiger partial charge in [-0.15, -0.1) is 5.10 Å². The van der Waals surface area contributed by atoms with E-state index in [1.165, 1.54) is 0 Å². The molecule has 0 unspecified atom stereocenters. The average Bonchev–Trinajstić information content (AvgIpc) is 2.13. The van der Waals surface area contributed by atoms with E-state index in [4.69, 9.17) is 0 Å². The number of aromatic nitrogens is 3. The fourth-order valence-electron chi connectivity index (χ4n) is 0.658. The number of aryl methyl sites for hydroxylation is 1. The van der Waals surface area contributed by atoms with Crippen LogP contribution in [-0.4, -0.2) is 15.0 Å². The van der Waals surface area contributed by atoms with Crippen LogP contribution < -0.4 is 0 Å². The van der Waals surface area contributed by atoms with Gasteiger partial charge in [-0.2, -0.15) is 0 Å². The molecule has 0 N–H and O–H groups in total. The van der Waals surface area contributed by atoms with Crippen molar-refractivity contribution in [3.63, 3.8) is 0 Å². The van der Waals surface area contributed by atoms with E-state index in [0.717, 1.165) is 5.69 Å². The molecule has 50 valence electrons. The van der Waals surface area contributed by atoms with Crippen LogP contribution in [0.5, 0.6) is 0 Å². The Labute approximate surface area is 62.2 Å². The molecule has 4 heteroatoms. The molecule has 1 atom stereocenters. The van der Waals surface area contributed by atoms with Gasteiger partial charge in [0.15, 0.2) is 0 Å². The van der Waals surface area contributed by atoms with Crippen molar-refractivity contribution in [2.24, 2.45) is 7.05 Å². The van der Waals surface area contributed by atoms with E-state index in [1.54, 1.807) is 10.9 Å². The zero-order valence-electron chi connectivity index (χ0n) is 5.37. The number of rotatable bonds is 1. The summed E-state index contributed by atoms with van der Waals surface area (Å²) >= 11 is 3.41. The summed E-state index contributed by atoms with van der Waals surface area (Å²) in [4.78, 5) is 0.331. The lowest BCUT2D eigenvalue weighted by Gasteiger charge is -1.99. The first-order valence-corrected chi connectivity index (χ1v) is 3.62. The SMILES string of the molecule is C[C@H](Br)c1cnnn1C. The van der Waals surface area contributed by atoms with Crippen molar-refractivity contribution in [1.82, 2.24) is 15.0 Å². The van der Waals surface area contributed by atoms with Gasteiger partial charge in [-0.05, 0) is 6.92 Å². The summed E-state index contributed by atoms with van der Waals surface area (Å²) in [5.41, 5.74) is 1.09. The maximum atomic E-state index is 3.77. The van der Waals surface area contributed by atoms with Gasteiger partial charge in [0, 0.05) is 7.05 Å². The Bertz CT molecular complexity index is 194. The van der Waals surface area contributed by atoms with Crippen LogP contribution in [0, 0.1) is 0 Å². The molecule has 0 spiro atoms. The van der Waals surface area contributed by atoms with E-state index in [-0.39, 0.29) is 0 Å². The first-order valence-electron chi connectivity index (χ1n) is 2.70. The molecule has 1 aromatic heterocycles. The van der Waals surface area contributed by atoms with Crippen molar-refractivity contribution in [2.75, 3.05) is 0 Å². The monoisotopic (exact) mass is 189 g/mol. The van der Waals surface area contributed by atoms with Crippen LogP contribution in [0.25, 0.3) is 0 Å². The Kier molecular flexibility index (Phi) is 1.85. The normalized spacial score (nSPS) is 13.7. The van der Waals surface area contributed by atoms with Gasteiger partial charge in [0.25, 0.3) is 0 Å². The molecule has 0 saturated carbocycles. The molecular formula is C5H8BrN3. The van der Waals surface area contributed by atoms with Crippen LogP contribution in [0.15, 0.2) is 6.20 Å². The molecule has 0 radical (unpaired) electrons. The summed E-state index contributed by atoms with van der Waals surface area (Å²) < 4.78 is 1.75.